The topological polar surface area (TPSA) is 50.1 Å². The Kier molecular flexibility index (Phi) is 6.65. The Morgan fingerprint density at radius 1 is 1.55 bits per heavy atom. The van der Waals surface area contributed by atoms with E-state index in [0.717, 1.165) is 31.3 Å². The Labute approximate surface area is 134 Å². The van der Waals surface area contributed by atoms with E-state index in [-0.39, 0.29) is 18.0 Å². The van der Waals surface area contributed by atoms with Gasteiger partial charge in [0.2, 0.25) is 0 Å². The van der Waals surface area contributed by atoms with Crippen LogP contribution in [-0.4, -0.2) is 12.6 Å². The number of carbonyl (C=O) groups excluding carboxylic acids is 1. The molecule has 3 unspecified atom stereocenters. The second kappa shape index (κ2) is 8.01. The first-order valence-corrected chi connectivity index (χ1v) is 8.08. The molecule has 3 atom stereocenters. The van der Waals surface area contributed by atoms with Gasteiger partial charge in [0.05, 0.1) is 11.6 Å². The number of allylic oxidation sites excluding steroid dienone is 2. The van der Waals surface area contributed by atoms with Crippen LogP contribution in [-0.2, 0) is 9.53 Å². The second-order valence-corrected chi connectivity index (χ2v) is 6.29. The molecule has 22 heavy (non-hydrogen) atoms. The predicted octanol–water partition coefficient (Wildman–Crippen LogP) is 4.56. The number of rotatable bonds is 5. The van der Waals surface area contributed by atoms with Gasteiger partial charge in [-0.3, -0.25) is 4.79 Å². The molecule has 1 fully saturated rings. The van der Waals surface area contributed by atoms with E-state index in [1.54, 1.807) is 0 Å². The van der Waals surface area contributed by atoms with Crippen molar-refractivity contribution in [3.8, 4) is 6.07 Å². The largest absolute Gasteiger partial charge is 0.460 e. The van der Waals surface area contributed by atoms with Gasteiger partial charge in [-0.25, -0.2) is 0 Å². The van der Waals surface area contributed by atoms with Crippen LogP contribution in [0.4, 0.5) is 0 Å². The van der Waals surface area contributed by atoms with Crippen LogP contribution < -0.4 is 0 Å². The van der Waals surface area contributed by atoms with Crippen molar-refractivity contribution in [2.75, 3.05) is 6.61 Å². The summed E-state index contributed by atoms with van der Waals surface area (Å²) in [5.41, 5.74) is 4.49. The van der Waals surface area contributed by atoms with Crippen molar-refractivity contribution >= 4 is 5.97 Å². The molecule has 0 radical (unpaired) electrons. The van der Waals surface area contributed by atoms with Gasteiger partial charge in [-0.1, -0.05) is 27.4 Å². The lowest BCUT2D eigenvalue weighted by atomic mass is 9.59. The molecule has 1 saturated carbocycles. The summed E-state index contributed by atoms with van der Waals surface area (Å²) < 4.78 is 5.11. The molecule has 0 aromatic heterocycles. The highest BCUT2D eigenvalue weighted by Crippen LogP contribution is 2.51. The molecule has 1 rings (SSSR count). The van der Waals surface area contributed by atoms with Crippen molar-refractivity contribution in [3.05, 3.63) is 29.5 Å². The summed E-state index contributed by atoms with van der Waals surface area (Å²) in [7, 11) is 0. The summed E-state index contributed by atoms with van der Waals surface area (Å²) >= 11 is 0. The van der Waals surface area contributed by atoms with E-state index in [2.05, 4.69) is 39.2 Å². The van der Waals surface area contributed by atoms with E-state index in [9.17, 15) is 10.1 Å². The molecule has 0 aromatic carbocycles. The van der Waals surface area contributed by atoms with Gasteiger partial charge in [0.25, 0.3) is 0 Å². The zero-order chi connectivity index (χ0) is 16.8. The lowest BCUT2D eigenvalue weighted by molar-refractivity contribution is -0.139. The molecule has 3 nitrogen and oxygen atoms in total. The normalized spacial score (nSPS) is 30.0. The Morgan fingerprint density at radius 2 is 2.23 bits per heavy atom. The van der Waals surface area contributed by atoms with Crippen LogP contribution in [0.15, 0.2) is 29.5 Å². The Bertz CT molecular complexity index is 534. The molecule has 0 N–H and O–H groups in total. The van der Waals surface area contributed by atoms with E-state index in [1.807, 2.05) is 6.08 Å². The van der Waals surface area contributed by atoms with Crippen molar-refractivity contribution < 1.29 is 9.53 Å². The third-order valence-corrected chi connectivity index (χ3v) is 4.73. The zero-order valence-corrected chi connectivity index (χ0v) is 14.2. The molecule has 3 heteroatoms. The maximum Gasteiger partial charge on any atom is 0.302 e. The zero-order valence-electron chi connectivity index (χ0n) is 14.2. The smallest absolute Gasteiger partial charge is 0.302 e. The molecule has 0 amide bonds. The maximum absolute atomic E-state index is 11.1. The average molecular weight is 301 g/mol. The first-order chi connectivity index (χ1) is 10.4. The summed E-state index contributed by atoms with van der Waals surface area (Å²) in [6.07, 6.45) is 5.97. The SMILES string of the molecule is C=C=CC1(CC)CC(C)CC(CC)C1=C(C#N)COC(C)=O. The van der Waals surface area contributed by atoms with E-state index < -0.39 is 0 Å². The van der Waals surface area contributed by atoms with Gasteiger partial charge in [-0.2, -0.15) is 5.26 Å². The fourth-order valence-corrected chi connectivity index (χ4v) is 3.86. The number of hydrogen-bond acceptors (Lipinski definition) is 3. The minimum atomic E-state index is -0.355. The van der Waals surface area contributed by atoms with E-state index in [4.69, 9.17) is 4.74 Å². The van der Waals surface area contributed by atoms with Crippen LogP contribution in [0.25, 0.3) is 0 Å². The maximum atomic E-state index is 11.1. The molecule has 120 valence electrons. The molecule has 0 aliphatic heterocycles. The molecule has 0 saturated heterocycles. The van der Waals surface area contributed by atoms with Gasteiger partial charge < -0.3 is 4.74 Å². The molecular formula is C19H27NO2. The molecular weight excluding hydrogens is 274 g/mol. The molecule has 0 bridgehead atoms. The van der Waals surface area contributed by atoms with Gasteiger partial charge in [0, 0.05) is 12.3 Å². The summed E-state index contributed by atoms with van der Waals surface area (Å²) in [6.45, 7) is 11.7. The number of ether oxygens (including phenoxy) is 1. The minimum Gasteiger partial charge on any atom is -0.460 e. The fraction of sp³-hybridized carbons (Fsp3) is 0.632. The van der Waals surface area contributed by atoms with Crippen molar-refractivity contribution in [2.45, 2.75) is 53.4 Å². The average Bonchev–Trinajstić information content (AvgIpc) is 2.48. The molecule has 0 aromatic rings. The predicted molar refractivity (Wildman–Crippen MR) is 87.9 cm³/mol. The summed E-state index contributed by atoms with van der Waals surface area (Å²) in [5, 5.41) is 9.62. The third kappa shape index (κ3) is 3.90. The van der Waals surface area contributed by atoms with Gasteiger partial charge in [-0.15, -0.1) is 5.73 Å². The van der Waals surface area contributed by atoms with Crippen LogP contribution in [0.5, 0.6) is 0 Å². The molecule has 1 aliphatic carbocycles. The van der Waals surface area contributed by atoms with Crippen LogP contribution in [0, 0.1) is 28.6 Å². The van der Waals surface area contributed by atoms with Crippen molar-refractivity contribution in [3.63, 3.8) is 0 Å². The second-order valence-electron chi connectivity index (χ2n) is 6.29. The van der Waals surface area contributed by atoms with Crippen LogP contribution >= 0.6 is 0 Å². The number of esters is 1. The van der Waals surface area contributed by atoms with Crippen molar-refractivity contribution in [2.24, 2.45) is 17.3 Å². The molecule has 0 heterocycles. The van der Waals surface area contributed by atoms with Crippen LogP contribution in [0.3, 0.4) is 0 Å². The Morgan fingerprint density at radius 3 is 2.68 bits per heavy atom. The quantitative estimate of drug-likeness (QED) is 0.425. The lowest BCUT2D eigenvalue weighted by Gasteiger charge is -2.44. The van der Waals surface area contributed by atoms with E-state index in [0.29, 0.717) is 17.4 Å². The highest BCUT2D eigenvalue weighted by Gasteiger charge is 2.42. The summed E-state index contributed by atoms with van der Waals surface area (Å²) in [4.78, 5) is 11.1. The lowest BCUT2D eigenvalue weighted by Crippen LogP contribution is -2.35. The standard InChI is InChI=1S/C19H27NO2/c1-6-9-19(8-3)11-14(4)10-16(7-2)18(19)17(12-20)13-22-15(5)21/h9,14,16H,1,7-8,10-11,13H2,2-5H3. The molecule has 0 spiro atoms. The highest BCUT2D eigenvalue weighted by atomic mass is 16.5. The van der Waals surface area contributed by atoms with Gasteiger partial charge in [0.15, 0.2) is 0 Å². The first kappa shape index (κ1) is 18.3. The fourth-order valence-electron chi connectivity index (χ4n) is 3.86. The summed E-state index contributed by atoms with van der Waals surface area (Å²) in [5.74, 6) is 0.581. The number of nitrogens with zero attached hydrogens (tertiary/aromatic N) is 1. The number of carbonyl (C=O) groups is 1. The molecule has 1 aliphatic rings. The van der Waals surface area contributed by atoms with Crippen molar-refractivity contribution in [1.29, 1.82) is 5.26 Å². The van der Waals surface area contributed by atoms with Gasteiger partial charge >= 0.3 is 5.97 Å². The summed E-state index contributed by atoms with van der Waals surface area (Å²) in [6, 6.07) is 2.29. The Balaban J connectivity index is 3.44. The monoisotopic (exact) mass is 301 g/mol. The first-order valence-electron chi connectivity index (χ1n) is 8.08. The Hall–Kier alpha value is -1.78. The van der Waals surface area contributed by atoms with E-state index in [1.165, 1.54) is 6.92 Å². The van der Waals surface area contributed by atoms with Gasteiger partial charge in [0.1, 0.15) is 6.61 Å². The highest BCUT2D eigenvalue weighted by molar-refractivity contribution is 5.66. The number of nitriles is 1. The van der Waals surface area contributed by atoms with Crippen molar-refractivity contribution in [1.82, 2.24) is 0 Å². The third-order valence-electron chi connectivity index (χ3n) is 4.73. The van der Waals surface area contributed by atoms with Gasteiger partial charge in [-0.05, 0) is 49.2 Å². The van der Waals surface area contributed by atoms with Crippen LogP contribution in [0.2, 0.25) is 0 Å². The van der Waals surface area contributed by atoms with E-state index >= 15 is 0 Å². The number of hydrogen-bond donors (Lipinski definition) is 0. The minimum absolute atomic E-state index is 0.0682. The van der Waals surface area contributed by atoms with Crippen LogP contribution in [0.1, 0.15) is 53.4 Å².